The van der Waals surface area contributed by atoms with E-state index in [1.54, 1.807) is 0 Å². The summed E-state index contributed by atoms with van der Waals surface area (Å²) in [5, 5.41) is 9.24. The number of aryl methyl sites for hydroxylation is 1. The molecule has 24 heavy (non-hydrogen) atoms. The molecule has 1 aromatic heterocycles. The Hall–Kier alpha value is -2.26. The van der Waals surface area contributed by atoms with Crippen LogP contribution in [0.4, 0.5) is 11.4 Å². The van der Waals surface area contributed by atoms with E-state index in [0.717, 1.165) is 17.2 Å². The number of hydrogen-bond acceptors (Lipinski definition) is 3. The Morgan fingerprint density at radius 2 is 1.62 bits per heavy atom. The standard InChI is InChI=1S/C21H24N2S/c1-14-19(13-20(24-14)21(3,4)5)23-15(2)22-18-12-8-10-16-9-6-7-11-17(16)18/h6-13,22-23H,2H2,1,3-5H3. The minimum absolute atomic E-state index is 0.166. The van der Waals surface area contributed by atoms with Gasteiger partial charge in [-0.25, -0.2) is 0 Å². The highest BCUT2D eigenvalue weighted by Gasteiger charge is 2.18. The Morgan fingerprint density at radius 3 is 2.33 bits per heavy atom. The van der Waals surface area contributed by atoms with Gasteiger partial charge in [-0.2, -0.15) is 0 Å². The maximum Gasteiger partial charge on any atom is 0.100 e. The molecule has 2 nitrogen and oxygen atoms in total. The normalized spacial score (nSPS) is 11.5. The summed E-state index contributed by atoms with van der Waals surface area (Å²) < 4.78 is 0. The fourth-order valence-corrected chi connectivity index (χ4v) is 3.70. The molecule has 3 heteroatoms. The molecule has 3 rings (SSSR count). The molecule has 3 aromatic rings. The minimum atomic E-state index is 0.166. The molecule has 1 heterocycles. The Bertz CT molecular complexity index is 879. The molecule has 0 atom stereocenters. The summed E-state index contributed by atoms with van der Waals surface area (Å²) in [5.41, 5.74) is 2.36. The molecule has 2 N–H and O–H groups in total. The van der Waals surface area contributed by atoms with E-state index < -0.39 is 0 Å². The van der Waals surface area contributed by atoms with Gasteiger partial charge >= 0.3 is 0 Å². The third-order valence-electron chi connectivity index (χ3n) is 4.02. The number of hydrogen-bond donors (Lipinski definition) is 2. The summed E-state index contributed by atoms with van der Waals surface area (Å²) in [6.07, 6.45) is 0. The maximum atomic E-state index is 4.15. The van der Waals surface area contributed by atoms with E-state index in [1.807, 2.05) is 11.3 Å². The first kappa shape index (κ1) is 16.6. The molecule has 0 spiro atoms. The second kappa shape index (κ2) is 6.33. The number of nitrogens with one attached hydrogen (secondary N) is 2. The van der Waals surface area contributed by atoms with Crippen LogP contribution < -0.4 is 10.6 Å². The van der Waals surface area contributed by atoms with Gasteiger partial charge in [0.1, 0.15) is 5.82 Å². The van der Waals surface area contributed by atoms with Gasteiger partial charge < -0.3 is 10.6 Å². The van der Waals surface area contributed by atoms with Crippen molar-refractivity contribution in [2.24, 2.45) is 0 Å². The predicted molar refractivity (Wildman–Crippen MR) is 108 cm³/mol. The summed E-state index contributed by atoms with van der Waals surface area (Å²) in [6, 6.07) is 16.9. The van der Waals surface area contributed by atoms with Crippen molar-refractivity contribution in [3.63, 3.8) is 0 Å². The van der Waals surface area contributed by atoms with Gasteiger partial charge in [-0.15, -0.1) is 11.3 Å². The van der Waals surface area contributed by atoms with Crippen LogP contribution in [0.2, 0.25) is 0 Å². The van der Waals surface area contributed by atoms with Crippen LogP contribution in [0.1, 0.15) is 30.5 Å². The Kier molecular flexibility index (Phi) is 4.37. The smallest absolute Gasteiger partial charge is 0.100 e. The zero-order valence-electron chi connectivity index (χ0n) is 14.7. The lowest BCUT2D eigenvalue weighted by molar-refractivity contribution is 0.604. The molecule has 0 amide bonds. The number of fused-ring (bicyclic) bond motifs is 1. The van der Waals surface area contributed by atoms with E-state index in [-0.39, 0.29) is 5.41 Å². The van der Waals surface area contributed by atoms with Gasteiger partial charge in [-0.05, 0) is 29.9 Å². The molecule has 0 unspecified atom stereocenters. The molecule has 0 radical (unpaired) electrons. The maximum absolute atomic E-state index is 4.15. The van der Waals surface area contributed by atoms with Crippen LogP contribution >= 0.6 is 11.3 Å². The molecule has 0 bridgehead atoms. The van der Waals surface area contributed by atoms with Crippen molar-refractivity contribution in [2.75, 3.05) is 10.6 Å². The number of rotatable bonds is 4. The lowest BCUT2D eigenvalue weighted by Gasteiger charge is -2.15. The molecule has 0 aliphatic heterocycles. The fraction of sp³-hybridized carbons (Fsp3) is 0.238. The highest BCUT2D eigenvalue weighted by atomic mass is 32.1. The molecule has 0 aliphatic carbocycles. The lowest BCUT2D eigenvalue weighted by Crippen LogP contribution is -2.09. The molecule has 0 fully saturated rings. The Morgan fingerprint density at radius 1 is 0.958 bits per heavy atom. The first-order valence-corrected chi connectivity index (χ1v) is 8.98. The largest absolute Gasteiger partial charge is 0.342 e. The van der Waals surface area contributed by atoms with Crippen LogP contribution in [-0.2, 0) is 5.41 Å². The average Bonchev–Trinajstić information content (AvgIpc) is 2.89. The van der Waals surface area contributed by atoms with Gasteiger partial charge in [0.25, 0.3) is 0 Å². The van der Waals surface area contributed by atoms with Crippen molar-refractivity contribution in [1.82, 2.24) is 0 Å². The fourth-order valence-electron chi connectivity index (χ4n) is 2.67. The van der Waals surface area contributed by atoms with Gasteiger partial charge in [0.15, 0.2) is 0 Å². The van der Waals surface area contributed by atoms with Gasteiger partial charge in [0, 0.05) is 20.8 Å². The van der Waals surface area contributed by atoms with Crippen LogP contribution in [0.3, 0.4) is 0 Å². The number of thiophene rings is 1. The van der Waals surface area contributed by atoms with E-state index in [0.29, 0.717) is 0 Å². The third-order valence-corrected chi connectivity index (χ3v) is 5.49. The Balaban J connectivity index is 1.80. The first-order valence-electron chi connectivity index (χ1n) is 8.16. The number of benzene rings is 2. The molecule has 0 saturated carbocycles. The van der Waals surface area contributed by atoms with Crippen LogP contribution in [0.5, 0.6) is 0 Å². The second-order valence-corrected chi connectivity index (χ2v) is 8.34. The Labute approximate surface area is 148 Å². The van der Waals surface area contributed by atoms with Crippen molar-refractivity contribution in [2.45, 2.75) is 33.1 Å². The molecular formula is C21H24N2S. The highest BCUT2D eigenvalue weighted by molar-refractivity contribution is 7.12. The molecule has 2 aromatic carbocycles. The zero-order chi connectivity index (χ0) is 17.3. The van der Waals surface area contributed by atoms with Crippen molar-refractivity contribution in [3.8, 4) is 0 Å². The first-order chi connectivity index (χ1) is 11.3. The van der Waals surface area contributed by atoms with Gasteiger partial charge in [0.05, 0.1) is 5.69 Å². The molecule has 0 aliphatic rings. The van der Waals surface area contributed by atoms with Gasteiger partial charge in [-0.3, -0.25) is 0 Å². The van der Waals surface area contributed by atoms with E-state index >= 15 is 0 Å². The van der Waals surface area contributed by atoms with Gasteiger partial charge in [0.2, 0.25) is 0 Å². The molecule has 0 saturated heterocycles. The summed E-state index contributed by atoms with van der Waals surface area (Å²) in [6.45, 7) is 13.0. The summed E-state index contributed by atoms with van der Waals surface area (Å²) in [4.78, 5) is 2.65. The van der Waals surface area contributed by atoms with Crippen LogP contribution in [-0.4, -0.2) is 0 Å². The molecular weight excluding hydrogens is 312 g/mol. The monoisotopic (exact) mass is 336 g/mol. The summed E-state index contributed by atoms with van der Waals surface area (Å²) in [5.74, 6) is 0.785. The molecule has 124 valence electrons. The van der Waals surface area contributed by atoms with E-state index in [9.17, 15) is 0 Å². The van der Waals surface area contributed by atoms with Gasteiger partial charge in [-0.1, -0.05) is 63.7 Å². The number of anilines is 2. The van der Waals surface area contributed by atoms with Crippen molar-refractivity contribution in [1.29, 1.82) is 0 Å². The van der Waals surface area contributed by atoms with E-state index in [2.05, 4.69) is 93.4 Å². The SMILES string of the molecule is C=C(Nc1cc(C(C)(C)C)sc1C)Nc1cccc2ccccc12. The second-order valence-electron chi connectivity index (χ2n) is 7.09. The average molecular weight is 337 g/mol. The zero-order valence-corrected chi connectivity index (χ0v) is 15.6. The van der Waals surface area contributed by atoms with E-state index in [1.165, 1.54) is 20.5 Å². The minimum Gasteiger partial charge on any atom is -0.342 e. The van der Waals surface area contributed by atoms with Crippen molar-refractivity contribution < 1.29 is 0 Å². The van der Waals surface area contributed by atoms with Crippen molar-refractivity contribution in [3.05, 3.63) is 70.7 Å². The summed E-state index contributed by atoms with van der Waals surface area (Å²) in [7, 11) is 0. The third kappa shape index (κ3) is 3.46. The summed E-state index contributed by atoms with van der Waals surface area (Å²) >= 11 is 1.84. The highest BCUT2D eigenvalue weighted by Crippen LogP contribution is 2.35. The van der Waals surface area contributed by atoms with Crippen LogP contribution in [0.15, 0.2) is 60.9 Å². The van der Waals surface area contributed by atoms with Crippen LogP contribution in [0.25, 0.3) is 10.8 Å². The van der Waals surface area contributed by atoms with Crippen LogP contribution in [0, 0.1) is 6.92 Å². The van der Waals surface area contributed by atoms with E-state index in [4.69, 9.17) is 0 Å². The predicted octanol–water partition coefficient (Wildman–Crippen LogP) is 6.50. The lowest BCUT2D eigenvalue weighted by atomic mass is 9.94. The topological polar surface area (TPSA) is 24.1 Å². The quantitative estimate of drug-likeness (QED) is 0.568. The van der Waals surface area contributed by atoms with Crippen molar-refractivity contribution >= 4 is 33.5 Å².